The molecule has 3 heterocycles. The molecular weight excluding hydrogens is 504 g/mol. The highest BCUT2D eigenvalue weighted by atomic mass is 19.3. The highest BCUT2D eigenvalue weighted by molar-refractivity contribution is 5.79. The number of aliphatic hydroxyl groups is 2. The average Bonchev–Trinajstić information content (AvgIpc) is 3.41. The smallest absolute Gasteiger partial charge is 0.248 e. The monoisotopic (exact) mass is 545 g/mol. The van der Waals surface area contributed by atoms with E-state index in [9.17, 15) is 23.8 Å². The van der Waals surface area contributed by atoms with Gasteiger partial charge in [0.15, 0.2) is 0 Å². The van der Waals surface area contributed by atoms with Crippen LogP contribution in [0.3, 0.4) is 0 Å². The molecule has 3 aliphatic rings. The molecule has 8 nitrogen and oxygen atoms in total. The Bertz CT molecular complexity index is 1130. The van der Waals surface area contributed by atoms with E-state index in [1.54, 1.807) is 0 Å². The molecule has 0 spiro atoms. The molecule has 2 bridgehead atoms. The number of hydrogen-bond donors (Lipinski definition) is 3. The highest BCUT2D eigenvalue weighted by Crippen LogP contribution is 2.46. The zero-order valence-electron chi connectivity index (χ0n) is 23.1. The first-order valence-electron chi connectivity index (χ1n) is 14.3. The van der Waals surface area contributed by atoms with Crippen molar-refractivity contribution in [2.24, 2.45) is 5.92 Å². The van der Waals surface area contributed by atoms with Crippen LogP contribution in [-0.2, 0) is 4.79 Å². The number of benzene rings is 1. The fraction of sp³-hybridized carbons (Fsp3) is 0.690. The second-order valence-electron chi connectivity index (χ2n) is 12.1. The summed E-state index contributed by atoms with van der Waals surface area (Å²) in [5, 5.41) is 34.8. The van der Waals surface area contributed by atoms with Gasteiger partial charge >= 0.3 is 0 Å². The van der Waals surface area contributed by atoms with Gasteiger partial charge in [0.1, 0.15) is 11.6 Å². The Balaban J connectivity index is 1.32. The fourth-order valence-corrected chi connectivity index (χ4v) is 7.08. The zero-order valence-corrected chi connectivity index (χ0v) is 23.1. The maximum Gasteiger partial charge on any atom is 0.248 e. The summed E-state index contributed by atoms with van der Waals surface area (Å²) in [6.07, 6.45) is 2.79. The number of carbonyl (C=O) groups excluding carboxylic acids is 1. The maximum atomic E-state index is 13.7. The van der Waals surface area contributed by atoms with Gasteiger partial charge in [-0.3, -0.25) is 4.79 Å². The molecule has 1 aromatic heterocycles. The van der Waals surface area contributed by atoms with Crippen LogP contribution in [0.25, 0.3) is 0 Å². The summed E-state index contributed by atoms with van der Waals surface area (Å²) in [4.78, 5) is 15.0. The van der Waals surface area contributed by atoms with E-state index in [-0.39, 0.29) is 62.1 Å². The number of carbonyl (C=O) groups is 1. The minimum Gasteiger partial charge on any atom is -0.353 e. The number of nitrogens with one attached hydrogen (secondary N) is 1. The summed E-state index contributed by atoms with van der Waals surface area (Å²) < 4.78 is 29.6. The Hall–Kier alpha value is -2.43. The Morgan fingerprint density at radius 3 is 2.26 bits per heavy atom. The van der Waals surface area contributed by atoms with Gasteiger partial charge in [-0.1, -0.05) is 44.2 Å². The Morgan fingerprint density at radius 1 is 1.05 bits per heavy atom. The van der Waals surface area contributed by atoms with Crippen LogP contribution in [0.5, 0.6) is 0 Å². The maximum absolute atomic E-state index is 13.7. The third-order valence-electron chi connectivity index (χ3n) is 8.98. The Morgan fingerprint density at radius 2 is 1.67 bits per heavy atom. The lowest BCUT2D eigenvalue weighted by atomic mass is 9.85. The molecule has 2 saturated heterocycles. The fourth-order valence-electron chi connectivity index (χ4n) is 7.08. The second kappa shape index (κ2) is 10.9. The molecule has 5 rings (SSSR count). The molecule has 214 valence electrons. The van der Waals surface area contributed by atoms with Crippen LogP contribution in [0.4, 0.5) is 8.78 Å². The number of rotatable bonds is 8. The van der Waals surface area contributed by atoms with E-state index in [0.717, 1.165) is 42.9 Å². The van der Waals surface area contributed by atoms with Crippen LogP contribution in [0.2, 0.25) is 0 Å². The minimum absolute atomic E-state index is 0.0294. The molecule has 10 heteroatoms. The molecule has 1 amide bonds. The van der Waals surface area contributed by atoms with Crippen molar-refractivity contribution in [2.45, 2.75) is 120 Å². The number of aromatic nitrogens is 3. The molecule has 39 heavy (non-hydrogen) atoms. The van der Waals surface area contributed by atoms with Gasteiger partial charge < -0.3 is 20.1 Å². The van der Waals surface area contributed by atoms with Gasteiger partial charge in [-0.15, -0.1) is 10.2 Å². The molecule has 3 atom stereocenters. The molecule has 3 N–H and O–H groups in total. The molecule has 0 radical (unpaired) electrons. The number of alkyl halides is 2. The van der Waals surface area contributed by atoms with Gasteiger partial charge in [0.25, 0.3) is 0 Å². The number of fused-ring (bicyclic) bond motifs is 2. The number of nitrogens with zero attached hydrogens (tertiary/aromatic N) is 4. The molecule has 2 aliphatic heterocycles. The third-order valence-corrected chi connectivity index (χ3v) is 8.98. The Labute approximate surface area is 228 Å². The van der Waals surface area contributed by atoms with Gasteiger partial charge in [0.2, 0.25) is 17.7 Å². The number of aryl methyl sites for hydroxylation is 1. The summed E-state index contributed by atoms with van der Waals surface area (Å²) in [6, 6.07) is 8.70. The van der Waals surface area contributed by atoms with Gasteiger partial charge in [-0.25, -0.2) is 13.7 Å². The van der Waals surface area contributed by atoms with Crippen LogP contribution < -0.4 is 5.32 Å². The molecule has 2 aromatic rings. The molecular formula is C29H41F2N5O3. The third kappa shape index (κ3) is 5.88. The van der Waals surface area contributed by atoms with E-state index in [4.69, 9.17) is 0 Å². The van der Waals surface area contributed by atoms with E-state index < -0.39 is 23.8 Å². The largest absolute Gasteiger partial charge is 0.353 e. The molecule has 3 fully saturated rings. The van der Waals surface area contributed by atoms with Crippen LogP contribution in [0.15, 0.2) is 30.3 Å². The van der Waals surface area contributed by atoms with Crippen molar-refractivity contribution in [2.75, 3.05) is 0 Å². The molecule has 1 aliphatic carbocycles. The quantitative estimate of drug-likeness (QED) is 0.420. The van der Waals surface area contributed by atoms with Gasteiger partial charge in [-0.2, -0.15) is 0 Å². The predicted octanol–water partition coefficient (Wildman–Crippen LogP) is 4.59. The van der Waals surface area contributed by atoms with Crippen molar-refractivity contribution in [1.82, 2.24) is 25.0 Å². The SMILES string of the molecule is Cc1nnc(C(C)C)n1C1CC2CCC(C1)N2C(O)(O)CC(NC(=O)C1CCC(F)(F)CC1)c1ccccc1. The van der Waals surface area contributed by atoms with Crippen molar-refractivity contribution in [3.63, 3.8) is 0 Å². The lowest BCUT2D eigenvalue weighted by molar-refractivity contribution is -0.292. The van der Waals surface area contributed by atoms with Gasteiger partial charge in [0.05, 0.1) is 6.04 Å². The van der Waals surface area contributed by atoms with Crippen LogP contribution in [-0.4, -0.2) is 59.7 Å². The Kier molecular flexibility index (Phi) is 7.83. The lowest BCUT2D eigenvalue weighted by Crippen LogP contribution is -2.59. The summed E-state index contributed by atoms with van der Waals surface area (Å²) in [6.45, 7) is 6.18. The number of piperidine rings is 1. The average molecular weight is 546 g/mol. The number of halogens is 2. The van der Waals surface area contributed by atoms with Crippen LogP contribution in [0, 0.1) is 12.8 Å². The first-order chi connectivity index (χ1) is 18.4. The van der Waals surface area contributed by atoms with Crippen molar-refractivity contribution < 1.29 is 23.8 Å². The number of hydrogen-bond acceptors (Lipinski definition) is 6. The standard InChI is InChI=1S/C29H41F2N5O3/c1-18(2)26-34-33-19(3)35(26)24-15-22-9-10-23(16-24)36(22)29(38,39)17-25(20-7-5-4-6-8-20)32-27(37)21-11-13-28(30,31)14-12-21/h4-8,18,21-25,38-39H,9-17H2,1-3H3,(H,32,37). The van der Waals surface area contributed by atoms with E-state index in [0.29, 0.717) is 0 Å². The zero-order chi connectivity index (χ0) is 27.9. The first-order valence-corrected chi connectivity index (χ1v) is 14.3. The molecule has 3 unspecified atom stereocenters. The van der Waals surface area contributed by atoms with E-state index in [2.05, 4.69) is 33.9 Å². The van der Waals surface area contributed by atoms with E-state index in [1.165, 1.54) is 0 Å². The van der Waals surface area contributed by atoms with Crippen molar-refractivity contribution >= 4 is 5.91 Å². The van der Waals surface area contributed by atoms with Crippen LogP contribution in [0.1, 0.15) is 107 Å². The van der Waals surface area contributed by atoms with Gasteiger partial charge in [0, 0.05) is 49.2 Å². The second-order valence-corrected chi connectivity index (χ2v) is 12.1. The number of amides is 1. The normalized spacial score (nSPS) is 26.6. The first kappa shape index (κ1) is 28.1. The van der Waals surface area contributed by atoms with Crippen molar-refractivity contribution in [1.29, 1.82) is 0 Å². The predicted molar refractivity (Wildman–Crippen MR) is 142 cm³/mol. The van der Waals surface area contributed by atoms with Crippen LogP contribution >= 0.6 is 0 Å². The minimum atomic E-state index is -2.71. The molecule has 1 saturated carbocycles. The summed E-state index contributed by atoms with van der Waals surface area (Å²) in [7, 11) is 0. The topological polar surface area (TPSA) is 104 Å². The van der Waals surface area contributed by atoms with Gasteiger partial charge in [-0.05, 0) is 51.0 Å². The molecule has 1 aromatic carbocycles. The highest BCUT2D eigenvalue weighted by Gasteiger charge is 2.51. The van der Waals surface area contributed by atoms with E-state index >= 15 is 0 Å². The van der Waals surface area contributed by atoms with E-state index in [1.807, 2.05) is 42.2 Å². The summed E-state index contributed by atoms with van der Waals surface area (Å²) in [5.74, 6) is -3.60. The lowest BCUT2D eigenvalue weighted by Gasteiger charge is -2.47. The van der Waals surface area contributed by atoms with Crippen molar-refractivity contribution in [3.05, 3.63) is 47.5 Å². The summed E-state index contributed by atoms with van der Waals surface area (Å²) in [5.41, 5.74) is 0.753. The van der Waals surface area contributed by atoms with Crippen molar-refractivity contribution in [3.8, 4) is 0 Å². The summed E-state index contributed by atoms with van der Waals surface area (Å²) >= 11 is 0.